The molecule has 2 fully saturated rings. The van der Waals surface area contributed by atoms with Gasteiger partial charge in [0.25, 0.3) is 0 Å². The summed E-state index contributed by atoms with van der Waals surface area (Å²) in [6, 6.07) is -1.16. The third kappa shape index (κ3) is 14.0. The average molecular weight is 706 g/mol. The molecule has 286 valence electrons. The molecule has 0 aromatic heterocycles. The Balaban J connectivity index is 2.59. The van der Waals surface area contributed by atoms with Crippen LogP contribution in [-0.2, 0) is 61.8 Å². The van der Waals surface area contributed by atoms with Gasteiger partial charge in [-0.15, -0.1) is 0 Å². The highest BCUT2D eigenvalue weighted by atomic mass is 16.8. The molecule has 14 heteroatoms. The van der Waals surface area contributed by atoms with Gasteiger partial charge in [-0.25, -0.2) is 0 Å². The summed E-state index contributed by atoms with van der Waals surface area (Å²) >= 11 is 0. The Morgan fingerprint density at radius 2 is 1.18 bits per heavy atom. The summed E-state index contributed by atoms with van der Waals surface area (Å²) in [5, 5.41) is 0. The predicted molar refractivity (Wildman–Crippen MR) is 178 cm³/mol. The van der Waals surface area contributed by atoms with Gasteiger partial charge < -0.3 is 53.1 Å². The molecule has 0 spiro atoms. The topological polar surface area (TPSA) is 170 Å². The van der Waals surface area contributed by atoms with Crippen LogP contribution in [-0.4, -0.2) is 118 Å². The van der Waals surface area contributed by atoms with Gasteiger partial charge in [-0.2, -0.15) is 0 Å². The summed E-state index contributed by atoms with van der Waals surface area (Å²) < 4.78 is 61.8. The fourth-order valence-electron chi connectivity index (χ4n) is 5.77. The molecule has 0 aromatic carbocycles. The van der Waals surface area contributed by atoms with Crippen LogP contribution >= 0.6 is 0 Å². The zero-order valence-corrected chi connectivity index (χ0v) is 31.0. The van der Waals surface area contributed by atoms with Gasteiger partial charge in [0.2, 0.25) is 0 Å². The van der Waals surface area contributed by atoms with Crippen LogP contribution in [0.3, 0.4) is 0 Å². The van der Waals surface area contributed by atoms with Crippen molar-refractivity contribution in [2.75, 3.05) is 39.6 Å². The molecule has 2 heterocycles. The standard InChI is InChI=1S/C35H63NO13/c1-9-13-17-40-21-27-29(41-18-14-10-2)32(42-19-15-11-3)33(43-20-16-12-4)35(8,48-27)49-34-28(36)31(46-25(7)39)30(45-24(6)38)26(47-34)22-44-23(5)37/h26-34H,9-22,36H2,1-8H3/t26?,27?,28?,29-,30-,31?,32?,33?,34-,35-/m1/s1. The lowest BCUT2D eigenvalue weighted by Crippen LogP contribution is -2.71. The Morgan fingerprint density at radius 1 is 0.653 bits per heavy atom. The molecule has 14 nitrogen and oxygen atoms in total. The smallest absolute Gasteiger partial charge is 0.303 e. The van der Waals surface area contributed by atoms with Gasteiger partial charge in [-0.1, -0.05) is 53.4 Å². The molecule has 2 rings (SSSR count). The Kier molecular flexibility index (Phi) is 20.1. The number of carbonyl (C=O) groups is 3. The summed E-state index contributed by atoms with van der Waals surface area (Å²) in [6.07, 6.45) is -0.269. The minimum absolute atomic E-state index is 0.211. The lowest BCUT2D eigenvalue weighted by molar-refractivity contribution is -0.415. The fraction of sp³-hybridized carbons (Fsp3) is 0.914. The number of rotatable bonds is 23. The van der Waals surface area contributed by atoms with Crippen molar-refractivity contribution < 1.29 is 61.8 Å². The molecule has 2 aliphatic heterocycles. The molecule has 2 N–H and O–H groups in total. The van der Waals surface area contributed by atoms with E-state index >= 15 is 0 Å². The molecule has 49 heavy (non-hydrogen) atoms. The number of hydrogen-bond donors (Lipinski definition) is 1. The summed E-state index contributed by atoms with van der Waals surface area (Å²) in [5.74, 6) is -3.45. The monoisotopic (exact) mass is 705 g/mol. The molecule has 2 saturated heterocycles. The second kappa shape index (κ2) is 22.8. The molecule has 0 saturated carbocycles. The number of esters is 3. The second-order valence-corrected chi connectivity index (χ2v) is 12.8. The molecule has 0 bridgehead atoms. The molecule has 0 radical (unpaired) electrons. The van der Waals surface area contributed by atoms with E-state index in [1.54, 1.807) is 6.92 Å². The van der Waals surface area contributed by atoms with Crippen molar-refractivity contribution in [2.45, 2.75) is 168 Å². The third-order valence-corrected chi connectivity index (χ3v) is 8.32. The van der Waals surface area contributed by atoms with Crippen LogP contribution < -0.4 is 5.73 Å². The van der Waals surface area contributed by atoms with E-state index in [1.165, 1.54) is 20.8 Å². The highest BCUT2D eigenvalue weighted by Gasteiger charge is 2.59. The number of ether oxygens (including phenoxy) is 10. The lowest BCUT2D eigenvalue weighted by atomic mass is 9.91. The summed E-state index contributed by atoms with van der Waals surface area (Å²) in [7, 11) is 0. The van der Waals surface area contributed by atoms with Crippen molar-refractivity contribution in [2.24, 2.45) is 5.73 Å². The van der Waals surface area contributed by atoms with Crippen molar-refractivity contribution in [3.8, 4) is 0 Å². The maximum Gasteiger partial charge on any atom is 0.303 e. The van der Waals surface area contributed by atoms with E-state index < -0.39 is 78.8 Å². The first kappa shape index (κ1) is 43.3. The first-order valence-corrected chi connectivity index (χ1v) is 18.1. The molecular formula is C35H63NO13. The van der Waals surface area contributed by atoms with Crippen LogP contribution in [0, 0.1) is 0 Å². The normalized spacial score (nSPS) is 31.7. The van der Waals surface area contributed by atoms with E-state index in [9.17, 15) is 14.4 Å². The summed E-state index contributed by atoms with van der Waals surface area (Å²) in [4.78, 5) is 36.1. The van der Waals surface area contributed by atoms with Gasteiger partial charge in [0.05, 0.1) is 12.6 Å². The van der Waals surface area contributed by atoms with Crippen molar-refractivity contribution in [1.82, 2.24) is 0 Å². The van der Waals surface area contributed by atoms with Crippen molar-refractivity contribution in [1.29, 1.82) is 0 Å². The van der Waals surface area contributed by atoms with E-state index in [0.717, 1.165) is 51.4 Å². The largest absolute Gasteiger partial charge is 0.463 e. The summed E-state index contributed by atoms with van der Waals surface area (Å²) in [6.45, 7) is 15.5. The number of unbranched alkanes of at least 4 members (excludes halogenated alkanes) is 4. The highest BCUT2D eigenvalue weighted by molar-refractivity contribution is 5.68. The van der Waals surface area contributed by atoms with Gasteiger partial charge in [0.1, 0.15) is 37.1 Å². The second-order valence-electron chi connectivity index (χ2n) is 12.8. The van der Waals surface area contributed by atoms with Crippen molar-refractivity contribution in [3.05, 3.63) is 0 Å². The Labute approximate surface area is 292 Å². The van der Waals surface area contributed by atoms with Crippen LogP contribution in [0.15, 0.2) is 0 Å². The van der Waals surface area contributed by atoms with Crippen molar-refractivity contribution >= 4 is 17.9 Å². The number of hydrogen-bond acceptors (Lipinski definition) is 14. The first-order valence-electron chi connectivity index (χ1n) is 18.1. The van der Waals surface area contributed by atoms with Gasteiger partial charge in [0, 0.05) is 47.2 Å². The van der Waals surface area contributed by atoms with E-state index in [0.29, 0.717) is 26.4 Å². The number of carbonyl (C=O) groups excluding carboxylic acids is 3. The molecule has 0 aromatic rings. The Morgan fingerprint density at radius 3 is 1.73 bits per heavy atom. The zero-order valence-electron chi connectivity index (χ0n) is 31.0. The maximum atomic E-state index is 12.2. The SMILES string of the molecule is CCCCOCC1O[C@](C)(O[C@H]2OC(COC(C)=O)[C@@H](OC(C)=O)C(OC(C)=O)C2N)C(OCCCC)C(OCCCC)[C@@H]1OCCCC. The van der Waals surface area contributed by atoms with Crippen LogP contribution in [0.2, 0.25) is 0 Å². The Bertz CT molecular complexity index is 970. The van der Waals surface area contributed by atoms with Gasteiger partial charge in [-0.3, -0.25) is 14.4 Å². The van der Waals surface area contributed by atoms with E-state index in [4.69, 9.17) is 53.1 Å². The van der Waals surface area contributed by atoms with Crippen molar-refractivity contribution in [3.63, 3.8) is 0 Å². The third-order valence-electron chi connectivity index (χ3n) is 8.32. The fourth-order valence-corrected chi connectivity index (χ4v) is 5.77. The zero-order chi connectivity index (χ0) is 36.4. The molecule has 10 atom stereocenters. The van der Waals surface area contributed by atoms with Gasteiger partial charge in [0.15, 0.2) is 24.3 Å². The van der Waals surface area contributed by atoms with E-state index in [1.807, 2.05) is 0 Å². The lowest BCUT2D eigenvalue weighted by Gasteiger charge is -2.53. The van der Waals surface area contributed by atoms with E-state index in [-0.39, 0.29) is 13.2 Å². The van der Waals surface area contributed by atoms with Gasteiger partial charge >= 0.3 is 17.9 Å². The van der Waals surface area contributed by atoms with Crippen LogP contribution in [0.5, 0.6) is 0 Å². The number of nitrogens with two attached hydrogens (primary N) is 1. The molecule has 0 amide bonds. The minimum Gasteiger partial charge on any atom is -0.463 e. The predicted octanol–water partition coefficient (Wildman–Crippen LogP) is 3.97. The molecule has 6 unspecified atom stereocenters. The maximum absolute atomic E-state index is 12.2. The van der Waals surface area contributed by atoms with Crippen LogP contribution in [0.4, 0.5) is 0 Å². The molecule has 2 aliphatic rings. The quantitative estimate of drug-likeness (QED) is 0.0920. The Hall–Kier alpha value is -1.91. The summed E-state index contributed by atoms with van der Waals surface area (Å²) in [5.41, 5.74) is 6.69. The van der Waals surface area contributed by atoms with Gasteiger partial charge in [-0.05, 0) is 32.6 Å². The minimum atomic E-state index is -1.54. The highest BCUT2D eigenvalue weighted by Crippen LogP contribution is 2.39. The molecule has 0 aliphatic carbocycles. The van der Waals surface area contributed by atoms with Crippen LogP contribution in [0.25, 0.3) is 0 Å². The molecular weight excluding hydrogens is 642 g/mol. The first-order chi connectivity index (χ1) is 23.4. The van der Waals surface area contributed by atoms with Crippen LogP contribution in [0.1, 0.15) is 107 Å². The average Bonchev–Trinajstić information content (AvgIpc) is 3.03. The van der Waals surface area contributed by atoms with E-state index in [2.05, 4.69) is 27.7 Å².